The van der Waals surface area contributed by atoms with Gasteiger partial charge in [0.15, 0.2) is 10.9 Å². The maximum atomic E-state index is 13.5. The minimum absolute atomic E-state index is 0.0327. The van der Waals surface area contributed by atoms with Crippen LogP contribution in [0.25, 0.3) is 10.8 Å². The number of carbonyl (C=O) groups is 1. The van der Waals surface area contributed by atoms with Gasteiger partial charge in [-0.05, 0) is 48.5 Å². The minimum Gasteiger partial charge on any atom is -0.294 e. The molecule has 0 aliphatic rings. The maximum Gasteiger partial charge on any atom is 0.214 e. The summed E-state index contributed by atoms with van der Waals surface area (Å²) in [5, 5.41) is 14.6. The number of halogens is 1. The highest BCUT2D eigenvalue weighted by Gasteiger charge is 2.19. The van der Waals surface area contributed by atoms with Crippen LogP contribution in [-0.2, 0) is 0 Å². The molecule has 0 spiro atoms. The zero-order valence-electron chi connectivity index (χ0n) is 15.0. The standard InChI is InChI=1S/C18H15FN6OS2/c1-11-8-15(12(2)24(11)17-20-6-7-27-17)16(26)10-28-18-21-22-23-25(18)14-5-3-4-13(19)9-14/h3-9H,10H2,1-2H3. The van der Waals surface area contributed by atoms with Gasteiger partial charge in [0.05, 0.1) is 11.4 Å². The van der Waals surface area contributed by atoms with E-state index in [-0.39, 0.29) is 17.4 Å². The molecule has 142 valence electrons. The number of thioether (sulfide) groups is 1. The van der Waals surface area contributed by atoms with Crippen molar-refractivity contribution in [1.82, 2.24) is 29.8 Å². The fourth-order valence-corrected chi connectivity index (χ4v) is 4.44. The van der Waals surface area contributed by atoms with Crippen molar-refractivity contribution in [2.45, 2.75) is 19.0 Å². The van der Waals surface area contributed by atoms with Crippen LogP contribution in [0.2, 0.25) is 0 Å². The summed E-state index contributed by atoms with van der Waals surface area (Å²) in [6, 6.07) is 7.84. The van der Waals surface area contributed by atoms with Crippen molar-refractivity contribution >= 4 is 28.9 Å². The molecule has 0 N–H and O–H groups in total. The molecular formula is C18H15FN6OS2. The summed E-state index contributed by atoms with van der Waals surface area (Å²) in [6.45, 7) is 3.85. The van der Waals surface area contributed by atoms with E-state index in [0.717, 1.165) is 16.5 Å². The van der Waals surface area contributed by atoms with Crippen molar-refractivity contribution in [3.05, 3.63) is 64.7 Å². The van der Waals surface area contributed by atoms with Gasteiger partial charge in [-0.1, -0.05) is 17.8 Å². The van der Waals surface area contributed by atoms with Crippen molar-refractivity contribution < 1.29 is 9.18 Å². The van der Waals surface area contributed by atoms with Crippen LogP contribution in [-0.4, -0.2) is 41.3 Å². The van der Waals surface area contributed by atoms with Crippen LogP contribution in [0.1, 0.15) is 21.7 Å². The van der Waals surface area contributed by atoms with Crippen molar-refractivity contribution in [2.24, 2.45) is 0 Å². The predicted octanol–water partition coefficient (Wildman–Crippen LogP) is 3.64. The Balaban J connectivity index is 1.54. The van der Waals surface area contributed by atoms with Crippen LogP contribution in [0.5, 0.6) is 0 Å². The Morgan fingerprint density at radius 3 is 2.89 bits per heavy atom. The number of tetrazole rings is 1. The van der Waals surface area contributed by atoms with Gasteiger partial charge >= 0.3 is 0 Å². The monoisotopic (exact) mass is 414 g/mol. The first-order chi connectivity index (χ1) is 13.5. The lowest BCUT2D eigenvalue weighted by atomic mass is 10.2. The summed E-state index contributed by atoms with van der Waals surface area (Å²) in [5.41, 5.74) is 2.94. The molecule has 4 rings (SSSR count). The Morgan fingerprint density at radius 2 is 2.14 bits per heavy atom. The van der Waals surface area contributed by atoms with Gasteiger partial charge < -0.3 is 0 Å². The highest BCUT2D eigenvalue weighted by atomic mass is 32.2. The number of aromatic nitrogens is 6. The highest BCUT2D eigenvalue weighted by molar-refractivity contribution is 7.99. The number of aryl methyl sites for hydroxylation is 1. The molecule has 0 radical (unpaired) electrons. The van der Waals surface area contributed by atoms with Crippen molar-refractivity contribution in [3.8, 4) is 10.8 Å². The summed E-state index contributed by atoms with van der Waals surface area (Å²) in [5.74, 6) is -0.248. The lowest BCUT2D eigenvalue weighted by molar-refractivity contribution is 0.102. The second kappa shape index (κ2) is 7.64. The Hall–Kier alpha value is -2.85. The first-order valence-electron chi connectivity index (χ1n) is 8.33. The van der Waals surface area contributed by atoms with Crippen molar-refractivity contribution in [1.29, 1.82) is 0 Å². The molecule has 4 aromatic rings. The van der Waals surface area contributed by atoms with Crippen LogP contribution in [0.4, 0.5) is 4.39 Å². The summed E-state index contributed by atoms with van der Waals surface area (Å²) in [6.07, 6.45) is 1.74. The van der Waals surface area contributed by atoms with E-state index in [1.54, 1.807) is 18.3 Å². The highest BCUT2D eigenvalue weighted by Crippen LogP contribution is 2.25. The van der Waals surface area contributed by atoms with E-state index in [1.807, 2.05) is 29.9 Å². The smallest absolute Gasteiger partial charge is 0.214 e. The number of benzene rings is 1. The van der Waals surface area contributed by atoms with Gasteiger partial charge in [-0.25, -0.2) is 9.37 Å². The largest absolute Gasteiger partial charge is 0.294 e. The van der Waals surface area contributed by atoms with Gasteiger partial charge in [0.2, 0.25) is 5.16 Å². The van der Waals surface area contributed by atoms with E-state index in [4.69, 9.17) is 0 Å². The third kappa shape index (κ3) is 3.48. The SMILES string of the molecule is Cc1cc(C(=O)CSc2nnnn2-c2cccc(F)c2)c(C)n1-c1nccs1. The Morgan fingerprint density at radius 1 is 1.29 bits per heavy atom. The molecule has 0 bridgehead atoms. The molecule has 0 amide bonds. The number of ketones is 1. The van der Waals surface area contributed by atoms with Gasteiger partial charge in [-0.2, -0.15) is 4.68 Å². The van der Waals surface area contributed by atoms with Crippen LogP contribution in [0, 0.1) is 19.7 Å². The normalized spacial score (nSPS) is 11.1. The van der Waals surface area contributed by atoms with Crippen molar-refractivity contribution in [3.63, 3.8) is 0 Å². The third-order valence-electron chi connectivity index (χ3n) is 4.17. The molecule has 0 aliphatic heterocycles. The quantitative estimate of drug-likeness (QED) is 0.354. The molecule has 0 saturated heterocycles. The lowest BCUT2D eigenvalue weighted by Gasteiger charge is -2.06. The lowest BCUT2D eigenvalue weighted by Crippen LogP contribution is -2.07. The molecule has 1 aromatic carbocycles. The number of nitrogens with zero attached hydrogens (tertiary/aromatic N) is 6. The number of carbonyl (C=O) groups excluding carboxylic acids is 1. The molecule has 10 heteroatoms. The molecule has 0 saturated carbocycles. The van der Waals surface area contributed by atoms with E-state index in [2.05, 4.69) is 20.5 Å². The summed E-state index contributed by atoms with van der Waals surface area (Å²) >= 11 is 2.73. The minimum atomic E-state index is -0.380. The number of Topliss-reactive ketones (excluding diaryl/α,β-unsaturated/α-hetero) is 1. The molecule has 3 heterocycles. The van der Waals surface area contributed by atoms with E-state index in [9.17, 15) is 9.18 Å². The van der Waals surface area contributed by atoms with Crippen LogP contribution < -0.4 is 0 Å². The van der Waals surface area contributed by atoms with Gasteiger partial charge in [0.25, 0.3) is 0 Å². The van der Waals surface area contributed by atoms with Gasteiger partial charge in [0.1, 0.15) is 5.82 Å². The van der Waals surface area contributed by atoms with E-state index >= 15 is 0 Å². The molecule has 0 unspecified atom stereocenters. The fraction of sp³-hybridized carbons (Fsp3) is 0.167. The maximum absolute atomic E-state index is 13.5. The molecular weight excluding hydrogens is 399 g/mol. The third-order valence-corrected chi connectivity index (χ3v) is 5.84. The van der Waals surface area contributed by atoms with Crippen LogP contribution in [0.3, 0.4) is 0 Å². The molecule has 7 nitrogen and oxygen atoms in total. The fourth-order valence-electron chi connectivity index (χ4n) is 2.91. The summed E-state index contributed by atoms with van der Waals surface area (Å²) in [7, 11) is 0. The van der Waals surface area contributed by atoms with Crippen molar-refractivity contribution in [2.75, 3.05) is 5.75 Å². The van der Waals surface area contributed by atoms with Crippen LogP contribution in [0.15, 0.2) is 47.1 Å². The first kappa shape index (κ1) is 18.5. The Bertz CT molecular complexity index is 1140. The number of hydrogen-bond donors (Lipinski definition) is 0. The van der Waals surface area contributed by atoms with Gasteiger partial charge in [-0.3, -0.25) is 9.36 Å². The number of rotatable bonds is 6. The van der Waals surface area contributed by atoms with Crippen LogP contribution >= 0.6 is 23.1 Å². The van der Waals surface area contributed by atoms with Gasteiger partial charge in [-0.15, -0.1) is 16.4 Å². The number of thiazole rings is 1. The van der Waals surface area contributed by atoms with E-state index in [0.29, 0.717) is 16.4 Å². The summed E-state index contributed by atoms with van der Waals surface area (Å²) in [4.78, 5) is 17.1. The zero-order chi connectivity index (χ0) is 19.7. The summed E-state index contributed by atoms with van der Waals surface area (Å²) < 4.78 is 16.9. The Kier molecular flexibility index (Phi) is 5.05. The van der Waals surface area contributed by atoms with E-state index in [1.165, 1.54) is 39.9 Å². The second-order valence-corrected chi connectivity index (χ2v) is 7.82. The Labute approximate surface area is 168 Å². The topological polar surface area (TPSA) is 78.5 Å². The second-order valence-electron chi connectivity index (χ2n) is 6.00. The molecule has 28 heavy (non-hydrogen) atoms. The molecule has 0 fully saturated rings. The molecule has 3 aromatic heterocycles. The van der Waals surface area contributed by atoms with E-state index < -0.39 is 0 Å². The number of hydrogen-bond acceptors (Lipinski definition) is 7. The first-order valence-corrected chi connectivity index (χ1v) is 10.2. The zero-order valence-corrected chi connectivity index (χ0v) is 16.7. The van der Waals surface area contributed by atoms with Gasteiger partial charge in [0, 0.05) is 28.5 Å². The average molecular weight is 414 g/mol. The predicted molar refractivity (Wildman–Crippen MR) is 105 cm³/mol. The average Bonchev–Trinajstić information content (AvgIpc) is 3.40. The molecule has 0 atom stereocenters. The molecule has 0 aliphatic carbocycles.